The molecule has 4 nitrogen and oxygen atoms in total. The lowest BCUT2D eigenvalue weighted by Crippen LogP contribution is -2.34. The molecule has 2 rings (SSSR count). The number of hydrogen-bond donors (Lipinski definition) is 1. The fourth-order valence-corrected chi connectivity index (χ4v) is 4.05. The van der Waals surface area contributed by atoms with Gasteiger partial charge >= 0.3 is 0 Å². The van der Waals surface area contributed by atoms with E-state index in [4.69, 9.17) is 5.26 Å². The summed E-state index contributed by atoms with van der Waals surface area (Å²) in [7, 11) is -3.03. The van der Waals surface area contributed by atoms with E-state index in [1.54, 1.807) is 12.1 Å². The number of hydrogen-bond acceptors (Lipinski definition) is 4. The van der Waals surface area contributed by atoms with Gasteiger partial charge in [-0.2, -0.15) is 5.26 Å². The maximum Gasteiger partial charge on any atom is 0.152 e. The third-order valence-corrected chi connectivity index (χ3v) is 5.37. The lowest BCUT2D eigenvalue weighted by atomic mass is 10.1. The van der Waals surface area contributed by atoms with Crippen LogP contribution in [0.25, 0.3) is 0 Å². The molecule has 102 valence electrons. The number of nitrogens with zero attached hydrogens (tertiary/aromatic N) is 1. The minimum atomic E-state index is -3.03. The standard InChI is InChI=1S/C14H18N2O2S/c1-10-6-7-11(9-15)8-13(10)16-12-4-3-5-14(12)19(2,17)18/h6-8,12,14,16H,3-5H2,1-2H3. The van der Waals surface area contributed by atoms with Gasteiger partial charge in [0.1, 0.15) is 0 Å². The van der Waals surface area contributed by atoms with Gasteiger partial charge in [-0.15, -0.1) is 0 Å². The predicted molar refractivity (Wildman–Crippen MR) is 75.8 cm³/mol. The van der Waals surface area contributed by atoms with Gasteiger partial charge in [0, 0.05) is 18.0 Å². The quantitative estimate of drug-likeness (QED) is 0.920. The summed E-state index contributed by atoms with van der Waals surface area (Å²) in [6, 6.07) is 7.48. The highest BCUT2D eigenvalue weighted by Gasteiger charge is 2.34. The van der Waals surface area contributed by atoms with Crippen LogP contribution in [-0.4, -0.2) is 26.0 Å². The van der Waals surface area contributed by atoms with Gasteiger partial charge in [-0.25, -0.2) is 8.42 Å². The molecule has 1 saturated carbocycles. The lowest BCUT2D eigenvalue weighted by molar-refractivity contribution is 0.579. The Labute approximate surface area is 114 Å². The highest BCUT2D eigenvalue weighted by atomic mass is 32.2. The number of sulfone groups is 1. The minimum absolute atomic E-state index is 0.0531. The van der Waals surface area contributed by atoms with Gasteiger partial charge in [0.25, 0.3) is 0 Å². The molecule has 2 atom stereocenters. The Morgan fingerprint density at radius 2 is 2.11 bits per heavy atom. The molecule has 5 heteroatoms. The van der Waals surface area contributed by atoms with Crippen molar-refractivity contribution in [3.63, 3.8) is 0 Å². The van der Waals surface area contributed by atoms with Crippen LogP contribution >= 0.6 is 0 Å². The van der Waals surface area contributed by atoms with Crippen molar-refractivity contribution in [3.05, 3.63) is 29.3 Å². The first-order valence-electron chi connectivity index (χ1n) is 6.38. The number of nitriles is 1. The molecule has 1 N–H and O–H groups in total. The summed E-state index contributed by atoms with van der Waals surface area (Å²) in [6.07, 6.45) is 3.80. The molecule has 2 unspecified atom stereocenters. The average Bonchev–Trinajstić information content (AvgIpc) is 2.80. The Balaban J connectivity index is 2.24. The molecule has 1 aliphatic carbocycles. The van der Waals surface area contributed by atoms with Crippen LogP contribution in [0.5, 0.6) is 0 Å². The fraction of sp³-hybridized carbons (Fsp3) is 0.500. The molecule has 19 heavy (non-hydrogen) atoms. The van der Waals surface area contributed by atoms with Crippen molar-refractivity contribution in [3.8, 4) is 6.07 Å². The van der Waals surface area contributed by atoms with Gasteiger partial charge < -0.3 is 5.32 Å². The van der Waals surface area contributed by atoms with Crippen LogP contribution in [0, 0.1) is 18.3 Å². The largest absolute Gasteiger partial charge is 0.381 e. The smallest absolute Gasteiger partial charge is 0.152 e. The number of nitrogens with one attached hydrogen (secondary N) is 1. The molecule has 0 spiro atoms. The van der Waals surface area contributed by atoms with Gasteiger partial charge in [0.05, 0.1) is 16.9 Å². The zero-order valence-corrected chi connectivity index (χ0v) is 12.0. The SMILES string of the molecule is Cc1ccc(C#N)cc1NC1CCCC1S(C)(=O)=O. The second-order valence-corrected chi connectivity index (χ2v) is 7.46. The van der Waals surface area contributed by atoms with Crippen LogP contribution in [0.1, 0.15) is 30.4 Å². The second kappa shape index (κ2) is 5.22. The van der Waals surface area contributed by atoms with Crippen molar-refractivity contribution < 1.29 is 8.42 Å². The van der Waals surface area contributed by atoms with Crippen LogP contribution in [0.2, 0.25) is 0 Å². The molecule has 0 heterocycles. The molecule has 1 fully saturated rings. The van der Waals surface area contributed by atoms with Gasteiger partial charge in [-0.1, -0.05) is 6.07 Å². The third kappa shape index (κ3) is 3.07. The summed E-state index contributed by atoms with van der Waals surface area (Å²) in [5.74, 6) is 0. The summed E-state index contributed by atoms with van der Waals surface area (Å²) in [5.41, 5.74) is 2.47. The van der Waals surface area contributed by atoms with Crippen molar-refractivity contribution in [2.75, 3.05) is 11.6 Å². The van der Waals surface area contributed by atoms with Gasteiger partial charge in [-0.3, -0.25) is 0 Å². The molecule has 0 aliphatic heterocycles. The molecular weight excluding hydrogens is 260 g/mol. The number of anilines is 1. The first-order chi connectivity index (χ1) is 8.91. The molecular formula is C14H18N2O2S. The van der Waals surface area contributed by atoms with Crippen LogP contribution in [0.4, 0.5) is 5.69 Å². The van der Waals surface area contributed by atoms with E-state index < -0.39 is 9.84 Å². The Morgan fingerprint density at radius 1 is 1.37 bits per heavy atom. The van der Waals surface area contributed by atoms with Crippen molar-refractivity contribution in [2.24, 2.45) is 0 Å². The van der Waals surface area contributed by atoms with Crippen LogP contribution in [-0.2, 0) is 9.84 Å². The van der Waals surface area contributed by atoms with Gasteiger partial charge in [-0.05, 0) is 43.9 Å². The van der Waals surface area contributed by atoms with Crippen LogP contribution in [0.15, 0.2) is 18.2 Å². The van der Waals surface area contributed by atoms with E-state index in [0.29, 0.717) is 12.0 Å². The monoisotopic (exact) mass is 278 g/mol. The first-order valence-corrected chi connectivity index (χ1v) is 8.33. The van der Waals surface area contributed by atoms with Crippen molar-refractivity contribution >= 4 is 15.5 Å². The minimum Gasteiger partial charge on any atom is -0.381 e. The van der Waals surface area contributed by atoms with Crippen LogP contribution < -0.4 is 5.32 Å². The Kier molecular flexibility index (Phi) is 3.81. The highest BCUT2D eigenvalue weighted by molar-refractivity contribution is 7.91. The van der Waals surface area contributed by atoms with Crippen molar-refractivity contribution in [2.45, 2.75) is 37.5 Å². The van der Waals surface area contributed by atoms with E-state index in [1.165, 1.54) is 6.26 Å². The molecule has 0 amide bonds. The highest BCUT2D eigenvalue weighted by Crippen LogP contribution is 2.29. The van der Waals surface area contributed by atoms with Gasteiger partial charge in [0.15, 0.2) is 9.84 Å². The summed E-state index contributed by atoms with van der Waals surface area (Å²) in [4.78, 5) is 0. The molecule has 1 aromatic rings. The summed E-state index contributed by atoms with van der Waals surface area (Å²) < 4.78 is 23.5. The maximum atomic E-state index is 11.7. The molecule has 1 aliphatic rings. The van der Waals surface area contributed by atoms with E-state index in [-0.39, 0.29) is 11.3 Å². The Morgan fingerprint density at radius 3 is 2.74 bits per heavy atom. The normalized spacial score (nSPS) is 23.0. The summed E-state index contributed by atoms with van der Waals surface area (Å²) >= 11 is 0. The van der Waals surface area contributed by atoms with E-state index >= 15 is 0 Å². The third-order valence-electron chi connectivity index (χ3n) is 3.71. The van der Waals surface area contributed by atoms with E-state index in [9.17, 15) is 8.42 Å². The zero-order valence-electron chi connectivity index (χ0n) is 11.2. The Bertz CT molecular complexity index is 617. The Hall–Kier alpha value is -1.54. The van der Waals surface area contributed by atoms with E-state index in [1.807, 2.05) is 13.0 Å². The molecule has 0 saturated heterocycles. The summed E-state index contributed by atoms with van der Waals surface area (Å²) in [6.45, 7) is 1.95. The first kappa shape index (κ1) is 13.9. The number of rotatable bonds is 3. The molecule has 1 aromatic carbocycles. The summed E-state index contributed by atoms with van der Waals surface area (Å²) in [5, 5.41) is 11.9. The van der Waals surface area contributed by atoms with E-state index in [0.717, 1.165) is 24.1 Å². The topological polar surface area (TPSA) is 70.0 Å². The predicted octanol–water partition coefficient (Wildman–Crippen LogP) is 2.24. The average molecular weight is 278 g/mol. The van der Waals surface area contributed by atoms with Crippen molar-refractivity contribution in [1.29, 1.82) is 5.26 Å². The van der Waals surface area contributed by atoms with E-state index in [2.05, 4.69) is 11.4 Å². The number of benzene rings is 1. The van der Waals surface area contributed by atoms with Gasteiger partial charge in [0.2, 0.25) is 0 Å². The zero-order chi connectivity index (χ0) is 14.0. The molecule has 0 radical (unpaired) electrons. The lowest BCUT2D eigenvalue weighted by Gasteiger charge is -2.22. The molecule has 0 aromatic heterocycles. The second-order valence-electron chi connectivity index (χ2n) is 5.19. The fourth-order valence-electron chi connectivity index (χ4n) is 2.65. The van der Waals surface area contributed by atoms with Crippen molar-refractivity contribution in [1.82, 2.24) is 0 Å². The van der Waals surface area contributed by atoms with Crippen LogP contribution in [0.3, 0.4) is 0 Å². The molecule has 0 bridgehead atoms. The number of aryl methyl sites for hydroxylation is 1. The maximum absolute atomic E-state index is 11.7.